The van der Waals surface area contributed by atoms with Crippen LogP contribution in [0.15, 0.2) is 5.11 Å². The molecule has 0 spiro atoms. The van der Waals surface area contributed by atoms with Gasteiger partial charge in [-0.1, -0.05) is 19.0 Å². The number of carbonyl (C=O) groups is 1. The van der Waals surface area contributed by atoms with Crippen molar-refractivity contribution >= 4 is 5.91 Å². The highest BCUT2D eigenvalue weighted by molar-refractivity contribution is 5.78. The molecule has 0 bridgehead atoms. The highest BCUT2D eigenvalue weighted by atomic mass is 16.1. The maximum absolute atomic E-state index is 10.9. The van der Waals surface area contributed by atoms with Crippen LogP contribution >= 0.6 is 0 Å². The molecule has 0 heterocycles. The SMILES string of the molecule is CC(C)C(C)NC(=O)CN=[N+]=[N-]. The molecule has 0 saturated heterocycles. The van der Waals surface area contributed by atoms with E-state index in [0.717, 1.165) is 0 Å². The average molecular weight is 170 g/mol. The zero-order valence-electron chi connectivity index (χ0n) is 7.61. The second-order valence-electron chi connectivity index (χ2n) is 2.99. The first-order valence-electron chi connectivity index (χ1n) is 3.88. The molecule has 5 nitrogen and oxygen atoms in total. The van der Waals surface area contributed by atoms with Gasteiger partial charge in [0, 0.05) is 11.0 Å². The molecule has 0 rings (SSSR count). The highest BCUT2D eigenvalue weighted by Crippen LogP contribution is 1.98. The first-order chi connectivity index (χ1) is 5.57. The first kappa shape index (κ1) is 10.8. The molecule has 0 aromatic carbocycles. The van der Waals surface area contributed by atoms with E-state index in [4.69, 9.17) is 5.53 Å². The van der Waals surface area contributed by atoms with Gasteiger partial charge in [-0.25, -0.2) is 0 Å². The monoisotopic (exact) mass is 170 g/mol. The summed E-state index contributed by atoms with van der Waals surface area (Å²) in [5, 5.41) is 5.86. The van der Waals surface area contributed by atoms with Gasteiger partial charge in [0.15, 0.2) is 0 Å². The fourth-order valence-electron chi connectivity index (χ4n) is 0.562. The molecule has 1 unspecified atom stereocenters. The molecule has 12 heavy (non-hydrogen) atoms. The Morgan fingerprint density at radius 1 is 1.58 bits per heavy atom. The van der Waals surface area contributed by atoms with Crippen LogP contribution in [0.1, 0.15) is 20.8 Å². The molecule has 0 radical (unpaired) electrons. The molecule has 5 heteroatoms. The molecule has 0 aromatic heterocycles. The van der Waals surface area contributed by atoms with Gasteiger partial charge < -0.3 is 5.32 Å². The van der Waals surface area contributed by atoms with Crippen LogP contribution in [0.2, 0.25) is 0 Å². The van der Waals surface area contributed by atoms with E-state index in [9.17, 15) is 4.79 Å². The zero-order valence-corrected chi connectivity index (χ0v) is 7.61. The third-order valence-electron chi connectivity index (χ3n) is 1.67. The number of azide groups is 1. The Kier molecular flexibility index (Phi) is 4.88. The number of nitrogens with one attached hydrogen (secondary N) is 1. The molecule has 0 aliphatic carbocycles. The normalized spacial score (nSPS) is 12.0. The Bertz CT molecular complexity index is 196. The zero-order chi connectivity index (χ0) is 9.56. The van der Waals surface area contributed by atoms with Crippen LogP contribution in [-0.4, -0.2) is 18.5 Å². The van der Waals surface area contributed by atoms with Crippen molar-refractivity contribution in [2.75, 3.05) is 6.54 Å². The van der Waals surface area contributed by atoms with E-state index in [1.165, 1.54) is 0 Å². The number of rotatable bonds is 4. The standard InChI is InChI=1S/C7H14N4O/c1-5(2)6(3)10-7(12)4-9-11-8/h5-6H,4H2,1-3H3,(H,10,12). The summed E-state index contributed by atoms with van der Waals surface area (Å²) in [5.41, 5.74) is 7.94. The minimum atomic E-state index is -0.228. The summed E-state index contributed by atoms with van der Waals surface area (Å²) in [7, 11) is 0. The van der Waals surface area contributed by atoms with E-state index >= 15 is 0 Å². The maximum atomic E-state index is 10.9. The van der Waals surface area contributed by atoms with Gasteiger partial charge in [-0.2, -0.15) is 0 Å². The van der Waals surface area contributed by atoms with Crippen LogP contribution in [-0.2, 0) is 4.79 Å². The predicted octanol–water partition coefficient (Wildman–Crippen LogP) is 1.46. The molecular weight excluding hydrogens is 156 g/mol. The van der Waals surface area contributed by atoms with Gasteiger partial charge in [-0.15, -0.1) is 0 Å². The van der Waals surface area contributed by atoms with Crippen molar-refractivity contribution in [2.24, 2.45) is 11.0 Å². The summed E-state index contributed by atoms with van der Waals surface area (Å²) in [6, 6.07) is 0.117. The van der Waals surface area contributed by atoms with Crippen LogP contribution in [0.5, 0.6) is 0 Å². The van der Waals surface area contributed by atoms with Crippen molar-refractivity contribution in [3.05, 3.63) is 10.4 Å². The summed E-state index contributed by atoms with van der Waals surface area (Å²) >= 11 is 0. The minimum Gasteiger partial charge on any atom is -0.353 e. The van der Waals surface area contributed by atoms with Crippen LogP contribution in [0.4, 0.5) is 0 Å². The third-order valence-corrected chi connectivity index (χ3v) is 1.67. The van der Waals surface area contributed by atoms with E-state index < -0.39 is 0 Å². The summed E-state index contributed by atoms with van der Waals surface area (Å²) in [6.07, 6.45) is 0. The topological polar surface area (TPSA) is 77.9 Å². The molecule has 68 valence electrons. The predicted molar refractivity (Wildman–Crippen MR) is 46.5 cm³/mol. The summed E-state index contributed by atoms with van der Waals surface area (Å²) < 4.78 is 0. The molecule has 0 saturated carbocycles. The Labute approximate surface area is 71.8 Å². The van der Waals surface area contributed by atoms with E-state index in [-0.39, 0.29) is 18.5 Å². The van der Waals surface area contributed by atoms with Gasteiger partial charge in [0.05, 0.1) is 0 Å². The number of amides is 1. The van der Waals surface area contributed by atoms with Gasteiger partial charge in [0.2, 0.25) is 5.91 Å². The van der Waals surface area contributed by atoms with Crippen molar-refractivity contribution in [1.82, 2.24) is 5.32 Å². The summed E-state index contributed by atoms with van der Waals surface area (Å²) in [6.45, 7) is 5.82. The maximum Gasteiger partial charge on any atom is 0.226 e. The van der Waals surface area contributed by atoms with Gasteiger partial charge in [-0.05, 0) is 18.4 Å². The fourth-order valence-corrected chi connectivity index (χ4v) is 0.562. The third kappa shape index (κ3) is 4.57. The highest BCUT2D eigenvalue weighted by Gasteiger charge is 2.08. The Morgan fingerprint density at radius 3 is 2.58 bits per heavy atom. The quantitative estimate of drug-likeness (QED) is 0.387. The van der Waals surface area contributed by atoms with Crippen LogP contribution in [0, 0.1) is 5.92 Å². The van der Waals surface area contributed by atoms with E-state index in [2.05, 4.69) is 15.3 Å². The molecule has 1 amide bonds. The summed E-state index contributed by atoms with van der Waals surface area (Å²) in [4.78, 5) is 13.4. The Morgan fingerprint density at radius 2 is 2.17 bits per heavy atom. The lowest BCUT2D eigenvalue weighted by atomic mass is 10.1. The lowest BCUT2D eigenvalue weighted by Gasteiger charge is -2.16. The van der Waals surface area contributed by atoms with Crippen molar-refractivity contribution in [1.29, 1.82) is 0 Å². The molecular formula is C7H14N4O. The number of hydrogen-bond acceptors (Lipinski definition) is 2. The van der Waals surface area contributed by atoms with Crippen LogP contribution < -0.4 is 5.32 Å². The smallest absolute Gasteiger partial charge is 0.226 e. The van der Waals surface area contributed by atoms with Crippen LogP contribution in [0.25, 0.3) is 10.4 Å². The van der Waals surface area contributed by atoms with Gasteiger partial charge in [0.25, 0.3) is 0 Å². The second kappa shape index (κ2) is 5.43. The largest absolute Gasteiger partial charge is 0.353 e. The first-order valence-corrected chi connectivity index (χ1v) is 3.88. The number of nitrogens with zero attached hydrogens (tertiary/aromatic N) is 3. The average Bonchev–Trinajstić information content (AvgIpc) is 2.00. The van der Waals surface area contributed by atoms with Gasteiger partial charge in [0.1, 0.15) is 6.54 Å². The van der Waals surface area contributed by atoms with E-state index in [1.54, 1.807) is 0 Å². The van der Waals surface area contributed by atoms with Gasteiger partial charge in [-0.3, -0.25) is 4.79 Å². The van der Waals surface area contributed by atoms with Gasteiger partial charge >= 0.3 is 0 Å². The summed E-state index contributed by atoms with van der Waals surface area (Å²) in [5.74, 6) is 0.161. The minimum absolute atomic E-state index is 0.117. The van der Waals surface area contributed by atoms with E-state index in [1.807, 2.05) is 20.8 Å². The number of carbonyl (C=O) groups excluding carboxylic acids is 1. The Hall–Kier alpha value is -1.22. The van der Waals surface area contributed by atoms with E-state index in [0.29, 0.717) is 5.92 Å². The Balaban J connectivity index is 3.76. The molecule has 1 N–H and O–H groups in total. The molecule has 0 fully saturated rings. The van der Waals surface area contributed by atoms with Crippen molar-refractivity contribution in [3.8, 4) is 0 Å². The molecule has 0 aliphatic rings. The van der Waals surface area contributed by atoms with Crippen molar-refractivity contribution in [2.45, 2.75) is 26.8 Å². The molecule has 0 aromatic rings. The second-order valence-corrected chi connectivity index (χ2v) is 2.99. The lowest BCUT2D eigenvalue weighted by molar-refractivity contribution is -0.120. The van der Waals surface area contributed by atoms with Crippen molar-refractivity contribution in [3.63, 3.8) is 0 Å². The van der Waals surface area contributed by atoms with Crippen LogP contribution in [0.3, 0.4) is 0 Å². The molecule has 0 aliphatic heterocycles. The van der Waals surface area contributed by atoms with Crippen molar-refractivity contribution < 1.29 is 4.79 Å². The number of hydrogen-bond donors (Lipinski definition) is 1. The fraction of sp³-hybridized carbons (Fsp3) is 0.857. The lowest BCUT2D eigenvalue weighted by Crippen LogP contribution is -2.37. The molecule has 1 atom stereocenters.